The van der Waals surface area contributed by atoms with Crippen LogP contribution in [0.3, 0.4) is 0 Å². The minimum atomic E-state index is -3.38. The predicted molar refractivity (Wildman–Crippen MR) is 89.0 cm³/mol. The average molecular weight is 328 g/mol. The third-order valence-corrected chi connectivity index (χ3v) is 4.12. The van der Waals surface area contributed by atoms with Crippen molar-refractivity contribution in [2.45, 2.75) is 13.8 Å². The Morgan fingerprint density at radius 3 is 2.70 bits per heavy atom. The maximum atomic E-state index is 11.4. The molecule has 1 heterocycles. The van der Waals surface area contributed by atoms with Crippen LogP contribution in [0.1, 0.15) is 19.4 Å². The molecular weight excluding hydrogens is 312 g/mol. The number of nitrogens with one attached hydrogen (secondary N) is 2. The highest BCUT2D eigenvalue weighted by molar-refractivity contribution is 7.92. The van der Waals surface area contributed by atoms with Gasteiger partial charge in [-0.2, -0.15) is 5.26 Å². The maximum Gasteiger partial charge on any atom is 0.229 e. The summed E-state index contributed by atoms with van der Waals surface area (Å²) in [7, 11) is -3.38. The number of rotatable bonds is 3. The van der Waals surface area contributed by atoms with Crippen molar-refractivity contribution in [2.75, 3.05) is 11.0 Å². The number of hydrogen-bond donors (Lipinski definition) is 2. The fraction of sp³-hybridized carbons (Fsp3) is 0.250. The van der Waals surface area contributed by atoms with E-state index in [0.29, 0.717) is 33.9 Å². The van der Waals surface area contributed by atoms with Gasteiger partial charge in [0.15, 0.2) is 5.70 Å². The van der Waals surface area contributed by atoms with E-state index in [4.69, 9.17) is 6.57 Å². The number of benzene rings is 1. The number of nitriles is 1. The van der Waals surface area contributed by atoms with Gasteiger partial charge in [0.25, 0.3) is 0 Å². The van der Waals surface area contributed by atoms with Crippen molar-refractivity contribution in [1.82, 2.24) is 5.32 Å². The molecule has 0 bridgehead atoms. The third kappa shape index (κ3) is 3.53. The minimum Gasteiger partial charge on any atom is -0.367 e. The monoisotopic (exact) mass is 328 g/mol. The van der Waals surface area contributed by atoms with Gasteiger partial charge in [-0.15, -0.1) is 0 Å². The van der Waals surface area contributed by atoms with Crippen LogP contribution >= 0.6 is 0 Å². The lowest BCUT2D eigenvalue weighted by molar-refractivity contribution is 0.607. The fourth-order valence-corrected chi connectivity index (χ4v) is 3.06. The third-order valence-electron chi connectivity index (χ3n) is 3.51. The van der Waals surface area contributed by atoms with Gasteiger partial charge in [0.2, 0.25) is 10.0 Å². The van der Waals surface area contributed by atoms with E-state index in [-0.39, 0.29) is 5.92 Å². The molecule has 0 aromatic heterocycles. The Hall–Kier alpha value is -2.77. The number of nitrogens with zero attached hydrogens (tertiary/aromatic N) is 2. The van der Waals surface area contributed by atoms with E-state index in [1.54, 1.807) is 31.2 Å². The first-order valence-electron chi connectivity index (χ1n) is 6.84. The lowest BCUT2D eigenvalue weighted by atomic mass is 9.90. The van der Waals surface area contributed by atoms with Gasteiger partial charge >= 0.3 is 0 Å². The van der Waals surface area contributed by atoms with Crippen LogP contribution in [0.2, 0.25) is 0 Å². The van der Waals surface area contributed by atoms with Gasteiger partial charge in [0.1, 0.15) is 0 Å². The number of allylic oxidation sites excluding steroid dienone is 2. The largest absolute Gasteiger partial charge is 0.367 e. The molecule has 0 amide bonds. The summed E-state index contributed by atoms with van der Waals surface area (Å²) >= 11 is 0. The van der Waals surface area contributed by atoms with E-state index in [9.17, 15) is 13.7 Å². The van der Waals surface area contributed by atoms with Gasteiger partial charge < -0.3 is 5.32 Å². The maximum absolute atomic E-state index is 11.4. The molecule has 0 fully saturated rings. The van der Waals surface area contributed by atoms with Crippen LogP contribution in [-0.2, 0) is 10.0 Å². The molecule has 1 aromatic rings. The van der Waals surface area contributed by atoms with Crippen LogP contribution in [0.25, 0.3) is 10.5 Å². The second-order valence-corrected chi connectivity index (χ2v) is 7.07. The molecule has 0 saturated heterocycles. The molecule has 0 radical (unpaired) electrons. The van der Waals surface area contributed by atoms with Crippen molar-refractivity contribution in [3.8, 4) is 6.07 Å². The van der Waals surface area contributed by atoms with Gasteiger partial charge in [0, 0.05) is 28.6 Å². The predicted octanol–water partition coefficient (Wildman–Crippen LogP) is 2.68. The molecule has 6 nitrogen and oxygen atoms in total. The number of sulfonamides is 1. The molecule has 1 aromatic carbocycles. The highest BCUT2D eigenvalue weighted by Crippen LogP contribution is 2.34. The highest BCUT2D eigenvalue weighted by Gasteiger charge is 2.27. The van der Waals surface area contributed by atoms with E-state index in [2.05, 4.69) is 21.0 Å². The summed E-state index contributed by atoms with van der Waals surface area (Å²) in [6.45, 7) is 11.0. The zero-order valence-corrected chi connectivity index (χ0v) is 13.8. The first-order valence-corrected chi connectivity index (χ1v) is 8.73. The van der Waals surface area contributed by atoms with Crippen LogP contribution in [0.15, 0.2) is 41.2 Å². The van der Waals surface area contributed by atoms with Crippen molar-refractivity contribution in [2.24, 2.45) is 5.92 Å². The average Bonchev–Trinajstić information content (AvgIpc) is 2.45. The Morgan fingerprint density at radius 1 is 1.43 bits per heavy atom. The molecule has 0 aliphatic carbocycles. The second kappa shape index (κ2) is 6.15. The van der Waals surface area contributed by atoms with E-state index >= 15 is 0 Å². The smallest absolute Gasteiger partial charge is 0.229 e. The van der Waals surface area contributed by atoms with E-state index in [1.807, 2.05) is 6.92 Å². The summed E-state index contributed by atoms with van der Waals surface area (Å²) in [5.74, 6) is -0.305. The summed E-state index contributed by atoms with van der Waals surface area (Å²) in [6.07, 6.45) is 1.08. The lowest BCUT2D eigenvalue weighted by Gasteiger charge is -2.25. The Kier molecular flexibility index (Phi) is 4.44. The first kappa shape index (κ1) is 16.6. The number of hydrogen-bond acceptors (Lipinski definition) is 4. The zero-order valence-electron chi connectivity index (χ0n) is 13.0. The van der Waals surface area contributed by atoms with Crippen molar-refractivity contribution < 1.29 is 8.42 Å². The second-order valence-electron chi connectivity index (χ2n) is 5.32. The Balaban J connectivity index is 2.52. The molecule has 2 rings (SSSR count). The molecule has 0 unspecified atom stereocenters. The van der Waals surface area contributed by atoms with Crippen LogP contribution in [-0.4, -0.2) is 14.7 Å². The molecule has 1 atom stereocenters. The molecule has 0 saturated carbocycles. The van der Waals surface area contributed by atoms with E-state index < -0.39 is 10.0 Å². The van der Waals surface area contributed by atoms with Crippen LogP contribution in [0, 0.1) is 23.8 Å². The molecule has 118 valence electrons. The Bertz CT molecular complexity index is 899. The SMILES string of the molecule is [C-]#[N+]C1=C(c2cccc(NS(C)(=O)=O)c2)NC(C)=C(C#N)[C@H]1C. The van der Waals surface area contributed by atoms with Gasteiger partial charge in [-0.1, -0.05) is 19.1 Å². The normalized spacial score (nSPS) is 18.0. The van der Waals surface area contributed by atoms with Crippen LogP contribution < -0.4 is 10.0 Å². The van der Waals surface area contributed by atoms with Gasteiger partial charge in [0.05, 0.1) is 18.9 Å². The van der Waals surface area contributed by atoms with E-state index in [1.165, 1.54) is 0 Å². The molecule has 23 heavy (non-hydrogen) atoms. The van der Waals surface area contributed by atoms with Crippen LogP contribution in [0.4, 0.5) is 5.69 Å². The molecule has 1 aliphatic rings. The molecule has 1 aliphatic heterocycles. The summed E-state index contributed by atoms with van der Waals surface area (Å²) in [5, 5.41) is 12.3. The summed E-state index contributed by atoms with van der Waals surface area (Å²) in [6, 6.07) is 8.93. The quantitative estimate of drug-likeness (QED) is 0.835. The summed E-state index contributed by atoms with van der Waals surface area (Å²) < 4.78 is 25.1. The standard InChI is InChI=1S/C16H16N4O2S/c1-10-14(9-17)11(2)19-16(15(10)18-3)12-6-5-7-13(8-12)20-23(4,21)22/h5-8,10,19-20H,1-2,4H3/t10-/m1/s1. The topological polar surface area (TPSA) is 86.3 Å². The number of dihydropyridines is 1. The van der Waals surface area contributed by atoms with Crippen molar-refractivity contribution in [3.63, 3.8) is 0 Å². The molecule has 2 N–H and O–H groups in total. The van der Waals surface area contributed by atoms with Crippen molar-refractivity contribution in [1.29, 1.82) is 5.26 Å². The highest BCUT2D eigenvalue weighted by atomic mass is 32.2. The molecular formula is C16H16N4O2S. The van der Waals surface area contributed by atoms with Gasteiger partial charge in [-0.05, 0) is 24.6 Å². The fourth-order valence-electron chi connectivity index (χ4n) is 2.50. The molecule has 7 heteroatoms. The Labute approximate surface area is 136 Å². The zero-order chi connectivity index (χ0) is 17.2. The van der Waals surface area contributed by atoms with Gasteiger partial charge in [-0.3, -0.25) is 4.72 Å². The number of anilines is 1. The van der Waals surface area contributed by atoms with Crippen LogP contribution in [0.5, 0.6) is 0 Å². The summed E-state index contributed by atoms with van der Waals surface area (Å²) in [5.41, 5.74) is 3.37. The van der Waals surface area contributed by atoms with Crippen molar-refractivity contribution in [3.05, 3.63) is 58.2 Å². The van der Waals surface area contributed by atoms with E-state index in [0.717, 1.165) is 6.26 Å². The lowest BCUT2D eigenvalue weighted by Crippen LogP contribution is -2.23. The molecule has 0 spiro atoms. The van der Waals surface area contributed by atoms with Crippen molar-refractivity contribution >= 4 is 21.4 Å². The first-order chi connectivity index (χ1) is 10.8. The minimum absolute atomic E-state index is 0.305. The Morgan fingerprint density at radius 2 is 2.13 bits per heavy atom. The summed E-state index contributed by atoms with van der Waals surface area (Å²) in [4.78, 5) is 3.57. The van der Waals surface area contributed by atoms with Gasteiger partial charge in [-0.25, -0.2) is 13.3 Å².